The van der Waals surface area contributed by atoms with Crippen molar-refractivity contribution in [3.8, 4) is 0 Å². The van der Waals surface area contributed by atoms with Gasteiger partial charge in [0, 0.05) is 41.2 Å². The molecule has 2 aromatic rings. The van der Waals surface area contributed by atoms with Crippen LogP contribution in [0.3, 0.4) is 0 Å². The number of hydrogen-bond acceptors (Lipinski definition) is 1. The summed E-state index contributed by atoms with van der Waals surface area (Å²) < 4.78 is 3.41. The summed E-state index contributed by atoms with van der Waals surface area (Å²) in [6, 6.07) is 6.41. The lowest BCUT2D eigenvalue weighted by Gasteiger charge is -2.18. The Balaban J connectivity index is 2.12. The second-order valence-electron chi connectivity index (χ2n) is 7.02. The van der Waals surface area contributed by atoms with E-state index in [1.54, 1.807) is 0 Å². The Bertz CT molecular complexity index is 703. The van der Waals surface area contributed by atoms with Gasteiger partial charge in [-0.15, -0.1) is 0 Å². The molecule has 4 heteroatoms. The molecule has 0 aliphatic rings. The highest BCUT2D eigenvalue weighted by molar-refractivity contribution is 9.10. The Kier molecular flexibility index (Phi) is 8.70. The summed E-state index contributed by atoms with van der Waals surface area (Å²) in [4.78, 5) is 14.5. The van der Waals surface area contributed by atoms with Gasteiger partial charge in [-0.25, -0.2) is 0 Å². The molecular weight excluding hydrogens is 388 g/mol. The third-order valence-corrected chi connectivity index (χ3v) is 5.63. The van der Waals surface area contributed by atoms with E-state index in [1.807, 2.05) is 18.7 Å². The predicted molar refractivity (Wildman–Crippen MR) is 115 cm³/mol. The molecule has 0 bridgehead atoms. The molecule has 0 aliphatic carbocycles. The zero-order valence-electron chi connectivity index (χ0n) is 16.6. The molecule has 1 amide bonds. The van der Waals surface area contributed by atoms with E-state index in [4.69, 9.17) is 0 Å². The van der Waals surface area contributed by atoms with Crippen molar-refractivity contribution in [1.82, 2.24) is 9.47 Å². The van der Waals surface area contributed by atoms with Crippen molar-refractivity contribution in [3.63, 3.8) is 0 Å². The van der Waals surface area contributed by atoms with Gasteiger partial charge in [-0.3, -0.25) is 4.79 Å². The normalized spacial score (nSPS) is 11.2. The Morgan fingerprint density at radius 3 is 2.42 bits per heavy atom. The third kappa shape index (κ3) is 5.60. The summed E-state index contributed by atoms with van der Waals surface area (Å²) in [5.74, 6) is 0.216. The first-order chi connectivity index (χ1) is 12.6. The number of aryl methyl sites for hydroxylation is 1. The number of rotatable bonds is 11. The Labute approximate surface area is 166 Å². The number of aromatic nitrogens is 1. The van der Waals surface area contributed by atoms with Gasteiger partial charge in [-0.05, 0) is 44.0 Å². The first-order valence-electron chi connectivity index (χ1n) is 10.2. The summed E-state index contributed by atoms with van der Waals surface area (Å²) >= 11 is 3.58. The van der Waals surface area contributed by atoms with Gasteiger partial charge in [-0.2, -0.15) is 0 Å². The van der Waals surface area contributed by atoms with Crippen LogP contribution in [0, 0.1) is 0 Å². The van der Waals surface area contributed by atoms with Crippen LogP contribution in [0.1, 0.15) is 64.9 Å². The molecule has 1 aromatic heterocycles. The molecule has 1 aromatic carbocycles. The van der Waals surface area contributed by atoms with E-state index < -0.39 is 0 Å². The first kappa shape index (κ1) is 21.0. The maximum absolute atomic E-state index is 12.6. The molecule has 144 valence electrons. The second-order valence-corrected chi connectivity index (χ2v) is 7.94. The van der Waals surface area contributed by atoms with Gasteiger partial charge in [0.1, 0.15) is 0 Å². The highest BCUT2D eigenvalue weighted by Crippen LogP contribution is 2.26. The fourth-order valence-electron chi connectivity index (χ4n) is 3.58. The van der Waals surface area contributed by atoms with E-state index in [2.05, 4.69) is 51.8 Å². The van der Waals surface area contributed by atoms with Crippen LogP contribution in [-0.4, -0.2) is 28.5 Å². The first-order valence-corrected chi connectivity index (χ1v) is 10.9. The van der Waals surface area contributed by atoms with Gasteiger partial charge in [0.25, 0.3) is 0 Å². The van der Waals surface area contributed by atoms with Crippen molar-refractivity contribution in [1.29, 1.82) is 0 Å². The van der Waals surface area contributed by atoms with Crippen LogP contribution in [0.5, 0.6) is 0 Å². The fourth-order valence-corrected chi connectivity index (χ4v) is 3.94. The van der Waals surface area contributed by atoms with Gasteiger partial charge >= 0.3 is 0 Å². The van der Waals surface area contributed by atoms with Crippen LogP contribution in [-0.2, 0) is 17.8 Å². The summed E-state index contributed by atoms with van der Waals surface area (Å²) in [6.07, 6.45) is 10.5. The number of nitrogens with zero attached hydrogens (tertiary/aromatic N) is 2. The van der Waals surface area contributed by atoms with Crippen LogP contribution < -0.4 is 0 Å². The molecule has 26 heavy (non-hydrogen) atoms. The van der Waals surface area contributed by atoms with E-state index in [-0.39, 0.29) is 5.91 Å². The zero-order valence-corrected chi connectivity index (χ0v) is 18.1. The molecule has 3 nitrogen and oxygen atoms in total. The van der Waals surface area contributed by atoms with E-state index in [1.165, 1.54) is 49.4 Å². The number of fused-ring (bicyclic) bond motifs is 1. The van der Waals surface area contributed by atoms with E-state index >= 15 is 0 Å². The number of benzene rings is 1. The molecule has 0 N–H and O–H groups in total. The summed E-state index contributed by atoms with van der Waals surface area (Å²) in [5.41, 5.74) is 2.38. The second kappa shape index (κ2) is 10.8. The minimum Gasteiger partial charge on any atom is -0.347 e. The van der Waals surface area contributed by atoms with Crippen LogP contribution in [0.25, 0.3) is 10.9 Å². The van der Waals surface area contributed by atoms with Crippen molar-refractivity contribution in [2.75, 3.05) is 13.1 Å². The van der Waals surface area contributed by atoms with Gasteiger partial charge in [0.2, 0.25) is 5.91 Å². The molecule has 0 spiro atoms. The summed E-state index contributed by atoms with van der Waals surface area (Å²) in [5, 5.41) is 1.20. The molecule has 0 saturated heterocycles. The van der Waals surface area contributed by atoms with Crippen molar-refractivity contribution >= 4 is 32.7 Å². The lowest BCUT2D eigenvalue weighted by Crippen LogP contribution is -2.31. The highest BCUT2D eigenvalue weighted by atomic mass is 79.9. The van der Waals surface area contributed by atoms with Gasteiger partial charge < -0.3 is 9.47 Å². The van der Waals surface area contributed by atoms with Crippen molar-refractivity contribution in [2.24, 2.45) is 0 Å². The van der Waals surface area contributed by atoms with Crippen LogP contribution in [0.2, 0.25) is 0 Å². The quantitative estimate of drug-likeness (QED) is 0.398. The number of hydrogen-bond donors (Lipinski definition) is 0. The number of unbranched alkanes of at least 4 members (excludes halogenated alkanes) is 5. The fraction of sp³-hybridized carbons (Fsp3) is 0.591. The van der Waals surface area contributed by atoms with Crippen LogP contribution in [0.15, 0.2) is 28.9 Å². The van der Waals surface area contributed by atoms with Crippen LogP contribution in [0.4, 0.5) is 0 Å². The average molecular weight is 421 g/mol. The highest BCUT2D eigenvalue weighted by Gasteiger charge is 2.15. The Morgan fingerprint density at radius 1 is 1.04 bits per heavy atom. The van der Waals surface area contributed by atoms with Crippen molar-refractivity contribution in [3.05, 3.63) is 34.4 Å². The van der Waals surface area contributed by atoms with Crippen molar-refractivity contribution < 1.29 is 4.79 Å². The molecule has 0 fully saturated rings. The van der Waals surface area contributed by atoms with E-state index in [0.29, 0.717) is 6.42 Å². The van der Waals surface area contributed by atoms with E-state index in [0.717, 1.165) is 29.7 Å². The smallest absolute Gasteiger partial charge is 0.227 e. The minimum absolute atomic E-state index is 0.216. The number of likely N-dealkylation sites (N-methyl/N-ethyl adjacent to an activating group) is 1. The van der Waals surface area contributed by atoms with Gasteiger partial charge in [0.15, 0.2) is 0 Å². The lowest BCUT2D eigenvalue weighted by molar-refractivity contribution is -0.130. The van der Waals surface area contributed by atoms with Crippen molar-refractivity contribution in [2.45, 2.75) is 72.3 Å². The van der Waals surface area contributed by atoms with Gasteiger partial charge in [0.05, 0.1) is 6.42 Å². The predicted octanol–water partition coefficient (Wildman–Crippen LogP) is 6.18. The Morgan fingerprint density at radius 2 is 1.73 bits per heavy atom. The SMILES string of the molecule is CCCCCCCCn1cc(CC(=O)N(CC)CC)c2cc(Br)ccc21. The number of amides is 1. The zero-order chi connectivity index (χ0) is 18.9. The lowest BCUT2D eigenvalue weighted by atomic mass is 10.1. The molecule has 0 unspecified atom stereocenters. The standard InChI is InChI=1S/C22H33BrN2O/c1-4-7-8-9-10-11-14-25-17-18(15-22(26)24(5-2)6-3)20-16-19(23)12-13-21(20)25/h12-13,16-17H,4-11,14-15H2,1-3H3. The van der Waals surface area contributed by atoms with Gasteiger partial charge in [-0.1, -0.05) is 55.0 Å². The molecule has 1 heterocycles. The van der Waals surface area contributed by atoms with Crippen LogP contribution >= 0.6 is 15.9 Å². The molecule has 0 saturated carbocycles. The number of carbonyl (C=O) groups is 1. The maximum atomic E-state index is 12.6. The maximum Gasteiger partial charge on any atom is 0.227 e. The summed E-state index contributed by atoms with van der Waals surface area (Å²) in [7, 11) is 0. The molecule has 2 rings (SSSR count). The molecule has 0 atom stereocenters. The van der Waals surface area contributed by atoms with E-state index in [9.17, 15) is 4.79 Å². The number of halogens is 1. The monoisotopic (exact) mass is 420 g/mol. The average Bonchev–Trinajstić information content (AvgIpc) is 2.96. The molecule has 0 aliphatic heterocycles. The topological polar surface area (TPSA) is 25.2 Å². The molecular formula is C22H33BrN2O. The Hall–Kier alpha value is -1.29. The molecule has 0 radical (unpaired) electrons. The minimum atomic E-state index is 0.216. The summed E-state index contributed by atoms with van der Waals surface area (Å²) in [6.45, 7) is 8.92. The third-order valence-electron chi connectivity index (χ3n) is 5.14. The number of carbonyl (C=O) groups excluding carboxylic acids is 1. The largest absolute Gasteiger partial charge is 0.347 e.